The number of ether oxygens (including phenoxy) is 1. The van der Waals surface area contributed by atoms with Gasteiger partial charge in [-0.05, 0) is 31.2 Å². The zero-order valence-electron chi connectivity index (χ0n) is 12.5. The molecular formula is C15H23NO4. The monoisotopic (exact) mass is 281 g/mol. The van der Waals surface area contributed by atoms with E-state index in [9.17, 15) is 9.90 Å². The number of rotatable bonds is 7. The number of benzene rings is 1. The predicted molar refractivity (Wildman–Crippen MR) is 77.1 cm³/mol. The standard InChI is InChI=1S/C15H23NO4/c1-5-16(9-10(2)15(18)19)11(3)12-6-7-13(17)14(8-12)20-4/h6-8,10-11,17H,5,9H2,1-4H3,(H,18,19). The topological polar surface area (TPSA) is 70.0 Å². The second kappa shape index (κ2) is 7.14. The van der Waals surface area contributed by atoms with Crippen molar-refractivity contribution in [2.45, 2.75) is 26.8 Å². The Labute approximate surface area is 119 Å². The summed E-state index contributed by atoms with van der Waals surface area (Å²) >= 11 is 0. The first-order valence-electron chi connectivity index (χ1n) is 6.74. The molecule has 1 rings (SSSR count). The molecule has 0 fully saturated rings. The number of hydrogen-bond acceptors (Lipinski definition) is 4. The van der Waals surface area contributed by atoms with Crippen LogP contribution in [0.15, 0.2) is 18.2 Å². The molecule has 2 unspecified atom stereocenters. The van der Waals surface area contributed by atoms with Crippen molar-refractivity contribution in [1.29, 1.82) is 0 Å². The van der Waals surface area contributed by atoms with E-state index in [-0.39, 0.29) is 11.8 Å². The number of methoxy groups -OCH3 is 1. The zero-order chi connectivity index (χ0) is 15.3. The van der Waals surface area contributed by atoms with Gasteiger partial charge in [-0.2, -0.15) is 0 Å². The van der Waals surface area contributed by atoms with Crippen LogP contribution in [-0.2, 0) is 4.79 Å². The van der Waals surface area contributed by atoms with E-state index >= 15 is 0 Å². The van der Waals surface area contributed by atoms with Crippen molar-refractivity contribution in [3.8, 4) is 11.5 Å². The molecule has 0 amide bonds. The summed E-state index contributed by atoms with van der Waals surface area (Å²) in [4.78, 5) is 13.1. The summed E-state index contributed by atoms with van der Waals surface area (Å²) in [5.41, 5.74) is 0.985. The van der Waals surface area contributed by atoms with Crippen molar-refractivity contribution in [2.75, 3.05) is 20.2 Å². The summed E-state index contributed by atoms with van der Waals surface area (Å²) in [6.45, 7) is 6.96. The van der Waals surface area contributed by atoms with Gasteiger partial charge in [0.05, 0.1) is 13.0 Å². The maximum atomic E-state index is 11.0. The third-order valence-corrected chi connectivity index (χ3v) is 3.57. The van der Waals surface area contributed by atoms with Gasteiger partial charge in [0.2, 0.25) is 0 Å². The van der Waals surface area contributed by atoms with Crippen molar-refractivity contribution in [2.24, 2.45) is 5.92 Å². The number of nitrogens with zero attached hydrogens (tertiary/aromatic N) is 1. The minimum atomic E-state index is -0.793. The maximum absolute atomic E-state index is 11.0. The number of aliphatic carboxylic acids is 1. The predicted octanol–water partition coefficient (Wildman–Crippen LogP) is 2.50. The Morgan fingerprint density at radius 2 is 2.05 bits per heavy atom. The molecule has 0 aliphatic heterocycles. The average molecular weight is 281 g/mol. The highest BCUT2D eigenvalue weighted by atomic mass is 16.5. The Kier molecular flexibility index (Phi) is 5.82. The van der Waals surface area contributed by atoms with Crippen molar-refractivity contribution >= 4 is 5.97 Å². The molecule has 0 aliphatic carbocycles. The number of hydrogen-bond donors (Lipinski definition) is 2. The van der Waals surface area contributed by atoms with Gasteiger partial charge in [0.25, 0.3) is 0 Å². The van der Waals surface area contributed by atoms with Crippen LogP contribution in [0.25, 0.3) is 0 Å². The van der Waals surface area contributed by atoms with Gasteiger partial charge < -0.3 is 14.9 Å². The van der Waals surface area contributed by atoms with Crippen LogP contribution < -0.4 is 4.74 Å². The van der Waals surface area contributed by atoms with Gasteiger partial charge in [0, 0.05) is 12.6 Å². The van der Waals surface area contributed by atoms with Gasteiger partial charge >= 0.3 is 5.97 Å². The molecule has 0 saturated carbocycles. The van der Waals surface area contributed by atoms with Crippen molar-refractivity contribution in [3.63, 3.8) is 0 Å². The van der Waals surface area contributed by atoms with Crippen LogP contribution in [0.3, 0.4) is 0 Å². The quantitative estimate of drug-likeness (QED) is 0.803. The van der Waals surface area contributed by atoms with Crippen molar-refractivity contribution < 1.29 is 19.7 Å². The molecule has 0 aromatic heterocycles. The summed E-state index contributed by atoms with van der Waals surface area (Å²) in [5.74, 6) is -0.683. The second-order valence-electron chi connectivity index (χ2n) is 4.93. The number of carbonyl (C=O) groups is 1. The Morgan fingerprint density at radius 1 is 1.40 bits per heavy atom. The minimum absolute atomic E-state index is 0.0521. The normalized spacial score (nSPS) is 14.1. The lowest BCUT2D eigenvalue weighted by Crippen LogP contribution is -2.33. The van der Waals surface area contributed by atoms with Crippen molar-refractivity contribution in [3.05, 3.63) is 23.8 Å². The molecule has 1 aromatic carbocycles. The molecule has 2 atom stereocenters. The lowest BCUT2D eigenvalue weighted by molar-refractivity contribution is -0.141. The molecule has 0 aliphatic rings. The number of aromatic hydroxyl groups is 1. The number of phenolic OH excluding ortho intramolecular Hbond substituents is 1. The molecule has 0 bridgehead atoms. The van der Waals surface area contributed by atoms with Gasteiger partial charge in [0.15, 0.2) is 11.5 Å². The smallest absolute Gasteiger partial charge is 0.307 e. The van der Waals surface area contributed by atoms with Crippen LogP contribution in [0.4, 0.5) is 0 Å². The highest BCUT2D eigenvalue weighted by molar-refractivity contribution is 5.69. The van der Waals surface area contributed by atoms with E-state index in [4.69, 9.17) is 9.84 Å². The van der Waals surface area contributed by atoms with Gasteiger partial charge in [-0.15, -0.1) is 0 Å². The van der Waals surface area contributed by atoms with Crippen LogP contribution >= 0.6 is 0 Å². The highest BCUT2D eigenvalue weighted by Gasteiger charge is 2.21. The van der Waals surface area contributed by atoms with E-state index in [1.165, 1.54) is 7.11 Å². The average Bonchev–Trinajstić information content (AvgIpc) is 2.44. The Balaban J connectivity index is 2.90. The summed E-state index contributed by atoms with van der Waals surface area (Å²) in [6, 6.07) is 5.26. The summed E-state index contributed by atoms with van der Waals surface area (Å²) in [6.07, 6.45) is 0. The van der Waals surface area contributed by atoms with Gasteiger partial charge in [0.1, 0.15) is 0 Å². The molecular weight excluding hydrogens is 258 g/mol. The van der Waals surface area contributed by atoms with E-state index in [1.54, 1.807) is 19.1 Å². The lowest BCUT2D eigenvalue weighted by atomic mass is 10.0. The molecule has 5 heteroatoms. The molecule has 0 spiro atoms. The van der Waals surface area contributed by atoms with Gasteiger partial charge in [-0.3, -0.25) is 9.69 Å². The third kappa shape index (κ3) is 3.87. The summed E-state index contributed by atoms with van der Waals surface area (Å²) in [5, 5.41) is 18.6. The van der Waals surface area contributed by atoms with Crippen LogP contribution in [0, 0.1) is 5.92 Å². The molecule has 112 valence electrons. The summed E-state index contributed by atoms with van der Waals surface area (Å²) < 4.78 is 5.11. The molecule has 5 nitrogen and oxygen atoms in total. The number of carboxylic acids is 1. The molecule has 0 radical (unpaired) electrons. The van der Waals surface area contributed by atoms with Gasteiger partial charge in [-0.1, -0.05) is 19.9 Å². The van der Waals surface area contributed by atoms with E-state index in [2.05, 4.69) is 4.90 Å². The first-order chi connectivity index (χ1) is 9.40. The van der Waals surface area contributed by atoms with E-state index in [0.29, 0.717) is 12.3 Å². The van der Waals surface area contributed by atoms with E-state index in [0.717, 1.165) is 12.1 Å². The van der Waals surface area contributed by atoms with Crippen LogP contribution in [0.5, 0.6) is 11.5 Å². The molecule has 20 heavy (non-hydrogen) atoms. The van der Waals surface area contributed by atoms with Crippen molar-refractivity contribution in [1.82, 2.24) is 4.90 Å². The fourth-order valence-corrected chi connectivity index (χ4v) is 2.16. The lowest BCUT2D eigenvalue weighted by Gasteiger charge is -2.29. The summed E-state index contributed by atoms with van der Waals surface area (Å²) in [7, 11) is 1.51. The zero-order valence-corrected chi connectivity index (χ0v) is 12.5. The number of carboxylic acid groups (broad SMARTS) is 1. The Bertz CT molecular complexity index is 461. The second-order valence-corrected chi connectivity index (χ2v) is 4.93. The maximum Gasteiger partial charge on any atom is 0.307 e. The largest absolute Gasteiger partial charge is 0.504 e. The van der Waals surface area contributed by atoms with Crippen LogP contribution in [-0.4, -0.2) is 41.3 Å². The van der Waals surface area contributed by atoms with Crippen LogP contribution in [0.2, 0.25) is 0 Å². The third-order valence-electron chi connectivity index (χ3n) is 3.57. The SMILES string of the molecule is CCN(CC(C)C(=O)O)C(C)c1ccc(O)c(OC)c1. The fraction of sp³-hybridized carbons (Fsp3) is 0.533. The first-order valence-corrected chi connectivity index (χ1v) is 6.74. The fourth-order valence-electron chi connectivity index (χ4n) is 2.16. The Hall–Kier alpha value is -1.75. The minimum Gasteiger partial charge on any atom is -0.504 e. The molecule has 1 aromatic rings. The number of phenols is 1. The van der Waals surface area contributed by atoms with E-state index in [1.807, 2.05) is 19.9 Å². The first kappa shape index (κ1) is 16.3. The Morgan fingerprint density at radius 3 is 2.55 bits per heavy atom. The van der Waals surface area contributed by atoms with Gasteiger partial charge in [-0.25, -0.2) is 0 Å². The van der Waals surface area contributed by atoms with E-state index < -0.39 is 11.9 Å². The van der Waals surface area contributed by atoms with Crippen LogP contribution in [0.1, 0.15) is 32.4 Å². The molecule has 0 heterocycles. The molecule has 2 N–H and O–H groups in total. The molecule has 0 saturated heterocycles. The highest BCUT2D eigenvalue weighted by Crippen LogP contribution is 2.31.